The second kappa shape index (κ2) is 6.51. The lowest BCUT2D eigenvalue weighted by molar-refractivity contribution is 0.102. The number of carbonyl (C=O) groups excluding carboxylic acids is 1. The minimum atomic E-state index is -0.229. The molecule has 0 radical (unpaired) electrons. The fourth-order valence-corrected chi connectivity index (χ4v) is 3.13. The van der Waals surface area contributed by atoms with E-state index < -0.39 is 0 Å². The van der Waals surface area contributed by atoms with E-state index in [-0.39, 0.29) is 11.9 Å². The van der Waals surface area contributed by atoms with Gasteiger partial charge in [0.05, 0.1) is 0 Å². The van der Waals surface area contributed by atoms with Gasteiger partial charge in [-0.05, 0) is 68.0 Å². The third-order valence-corrected chi connectivity index (χ3v) is 4.55. The summed E-state index contributed by atoms with van der Waals surface area (Å²) < 4.78 is 5.56. The molecule has 0 unspecified atom stereocenters. The van der Waals surface area contributed by atoms with E-state index in [0.29, 0.717) is 11.5 Å². The molecule has 0 atom stereocenters. The van der Waals surface area contributed by atoms with Crippen LogP contribution in [0.15, 0.2) is 46.9 Å². The standard InChI is InChI=1S/C20H19N3O2/c1-13-6-8-15(9-7-13)19-22-23-20(25-19)21-18(24)17-11-10-14-4-2-3-5-16(14)12-17/h6-12H,2-5H2,1H3,(H,21,23,24). The van der Waals surface area contributed by atoms with Crippen LogP contribution in [0.2, 0.25) is 0 Å². The summed E-state index contributed by atoms with van der Waals surface area (Å²) in [7, 11) is 0. The van der Waals surface area contributed by atoms with Crippen molar-refractivity contribution in [3.63, 3.8) is 0 Å². The molecule has 1 aliphatic rings. The topological polar surface area (TPSA) is 68.0 Å². The molecule has 1 N–H and O–H groups in total. The number of aryl methyl sites for hydroxylation is 3. The molecule has 3 aromatic rings. The van der Waals surface area contributed by atoms with Crippen LogP contribution in [0, 0.1) is 6.92 Å². The van der Waals surface area contributed by atoms with E-state index in [0.717, 1.165) is 24.0 Å². The molecular formula is C20H19N3O2. The number of hydrogen-bond acceptors (Lipinski definition) is 4. The van der Waals surface area contributed by atoms with Crippen LogP contribution in [-0.2, 0) is 12.8 Å². The number of nitrogens with one attached hydrogen (secondary N) is 1. The zero-order chi connectivity index (χ0) is 17.2. The highest BCUT2D eigenvalue weighted by Crippen LogP contribution is 2.23. The summed E-state index contributed by atoms with van der Waals surface area (Å²) >= 11 is 0. The van der Waals surface area contributed by atoms with Gasteiger partial charge in [-0.3, -0.25) is 10.1 Å². The molecule has 4 rings (SSSR count). The molecule has 25 heavy (non-hydrogen) atoms. The highest BCUT2D eigenvalue weighted by atomic mass is 16.4. The molecule has 126 valence electrons. The van der Waals surface area contributed by atoms with Crippen LogP contribution in [0.25, 0.3) is 11.5 Å². The van der Waals surface area contributed by atoms with Crippen molar-refractivity contribution in [2.75, 3.05) is 5.32 Å². The van der Waals surface area contributed by atoms with Gasteiger partial charge < -0.3 is 4.42 Å². The average Bonchev–Trinajstić information content (AvgIpc) is 3.10. The number of rotatable bonds is 3. The van der Waals surface area contributed by atoms with E-state index >= 15 is 0 Å². The molecule has 2 aromatic carbocycles. The summed E-state index contributed by atoms with van der Waals surface area (Å²) in [4.78, 5) is 12.5. The van der Waals surface area contributed by atoms with Crippen molar-refractivity contribution < 1.29 is 9.21 Å². The monoisotopic (exact) mass is 333 g/mol. The third-order valence-electron chi connectivity index (χ3n) is 4.55. The first-order chi connectivity index (χ1) is 12.2. The van der Waals surface area contributed by atoms with Gasteiger partial charge in [0.2, 0.25) is 5.89 Å². The van der Waals surface area contributed by atoms with Crippen molar-refractivity contribution in [1.82, 2.24) is 10.2 Å². The zero-order valence-electron chi connectivity index (χ0n) is 14.1. The van der Waals surface area contributed by atoms with Crippen LogP contribution < -0.4 is 5.32 Å². The second-order valence-corrected chi connectivity index (χ2v) is 6.42. The van der Waals surface area contributed by atoms with E-state index in [1.54, 1.807) is 0 Å². The van der Waals surface area contributed by atoms with Crippen LogP contribution in [0.1, 0.15) is 39.9 Å². The van der Waals surface area contributed by atoms with Gasteiger partial charge in [-0.25, -0.2) is 0 Å². The summed E-state index contributed by atoms with van der Waals surface area (Å²) in [5.41, 5.74) is 5.22. The molecule has 0 spiro atoms. The van der Waals surface area contributed by atoms with Gasteiger partial charge in [0.15, 0.2) is 0 Å². The van der Waals surface area contributed by atoms with Crippen LogP contribution >= 0.6 is 0 Å². The first-order valence-electron chi connectivity index (χ1n) is 8.53. The average molecular weight is 333 g/mol. The second-order valence-electron chi connectivity index (χ2n) is 6.42. The molecule has 1 amide bonds. The molecule has 0 saturated heterocycles. The summed E-state index contributed by atoms with van der Waals surface area (Å²) in [6.07, 6.45) is 4.54. The summed E-state index contributed by atoms with van der Waals surface area (Å²) in [5, 5.41) is 10.6. The number of anilines is 1. The zero-order valence-corrected chi connectivity index (χ0v) is 14.1. The molecule has 5 nitrogen and oxygen atoms in total. The number of fused-ring (bicyclic) bond motifs is 1. The van der Waals surface area contributed by atoms with E-state index in [4.69, 9.17) is 4.42 Å². The highest BCUT2D eigenvalue weighted by molar-refractivity contribution is 6.03. The SMILES string of the molecule is Cc1ccc(-c2nnc(NC(=O)c3ccc4c(c3)CCCC4)o2)cc1. The van der Waals surface area contributed by atoms with E-state index in [1.165, 1.54) is 24.0 Å². The third kappa shape index (κ3) is 3.31. The van der Waals surface area contributed by atoms with E-state index in [1.807, 2.05) is 43.3 Å². The molecular weight excluding hydrogens is 314 g/mol. The fourth-order valence-electron chi connectivity index (χ4n) is 3.13. The summed E-state index contributed by atoms with van der Waals surface area (Å²) in [6.45, 7) is 2.02. The molecule has 5 heteroatoms. The molecule has 0 bridgehead atoms. The quantitative estimate of drug-likeness (QED) is 0.781. The fraction of sp³-hybridized carbons (Fsp3) is 0.250. The van der Waals surface area contributed by atoms with Gasteiger partial charge in [-0.2, -0.15) is 0 Å². The Labute approximate surface area is 146 Å². The molecule has 1 heterocycles. The maximum atomic E-state index is 12.5. The lowest BCUT2D eigenvalue weighted by atomic mass is 9.90. The lowest BCUT2D eigenvalue weighted by Gasteiger charge is -2.16. The van der Waals surface area contributed by atoms with Gasteiger partial charge in [-0.1, -0.05) is 28.9 Å². The first kappa shape index (κ1) is 15.6. The minimum absolute atomic E-state index is 0.110. The Morgan fingerprint density at radius 3 is 2.56 bits per heavy atom. The Bertz CT molecular complexity index is 913. The van der Waals surface area contributed by atoms with Crippen LogP contribution in [0.5, 0.6) is 0 Å². The smallest absolute Gasteiger partial charge is 0.322 e. The van der Waals surface area contributed by atoms with Crippen molar-refractivity contribution in [1.29, 1.82) is 0 Å². The Morgan fingerprint density at radius 1 is 1.00 bits per heavy atom. The predicted molar refractivity (Wildman–Crippen MR) is 95.5 cm³/mol. The first-order valence-corrected chi connectivity index (χ1v) is 8.53. The summed E-state index contributed by atoms with van der Waals surface area (Å²) in [5.74, 6) is 0.160. The summed E-state index contributed by atoms with van der Waals surface area (Å²) in [6, 6.07) is 13.8. The van der Waals surface area contributed by atoms with E-state index in [9.17, 15) is 4.79 Å². The Kier molecular flexibility index (Phi) is 4.06. The number of carbonyl (C=O) groups is 1. The number of benzene rings is 2. The number of nitrogens with zero attached hydrogens (tertiary/aromatic N) is 2. The van der Waals surface area contributed by atoms with Crippen molar-refractivity contribution in [2.24, 2.45) is 0 Å². The van der Waals surface area contributed by atoms with E-state index in [2.05, 4.69) is 21.6 Å². The highest BCUT2D eigenvalue weighted by Gasteiger charge is 2.15. The van der Waals surface area contributed by atoms with Gasteiger partial charge in [0.25, 0.3) is 5.91 Å². The minimum Gasteiger partial charge on any atom is -0.403 e. The Hall–Kier alpha value is -2.95. The molecule has 0 fully saturated rings. The normalized spacial score (nSPS) is 13.3. The van der Waals surface area contributed by atoms with Crippen molar-refractivity contribution in [3.05, 3.63) is 64.7 Å². The van der Waals surface area contributed by atoms with Crippen molar-refractivity contribution >= 4 is 11.9 Å². The van der Waals surface area contributed by atoms with Gasteiger partial charge in [-0.15, -0.1) is 5.10 Å². The lowest BCUT2D eigenvalue weighted by Crippen LogP contribution is -2.13. The maximum Gasteiger partial charge on any atom is 0.322 e. The maximum absolute atomic E-state index is 12.5. The van der Waals surface area contributed by atoms with Crippen LogP contribution in [-0.4, -0.2) is 16.1 Å². The van der Waals surface area contributed by atoms with Gasteiger partial charge >= 0.3 is 6.01 Å². The van der Waals surface area contributed by atoms with Gasteiger partial charge in [0.1, 0.15) is 0 Å². The Balaban J connectivity index is 1.50. The molecule has 0 aliphatic heterocycles. The predicted octanol–water partition coefficient (Wildman–Crippen LogP) is 4.18. The number of amides is 1. The Morgan fingerprint density at radius 2 is 1.76 bits per heavy atom. The van der Waals surface area contributed by atoms with Crippen molar-refractivity contribution in [2.45, 2.75) is 32.6 Å². The molecule has 1 aromatic heterocycles. The van der Waals surface area contributed by atoms with Gasteiger partial charge in [0, 0.05) is 11.1 Å². The number of aromatic nitrogens is 2. The largest absolute Gasteiger partial charge is 0.403 e. The molecule has 1 aliphatic carbocycles. The molecule has 0 saturated carbocycles. The number of hydrogen-bond donors (Lipinski definition) is 1. The van der Waals surface area contributed by atoms with Crippen molar-refractivity contribution in [3.8, 4) is 11.5 Å². The van der Waals surface area contributed by atoms with Crippen LogP contribution in [0.3, 0.4) is 0 Å². The van der Waals surface area contributed by atoms with Crippen LogP contribution in [0.4, 0.5) is 6.01 Å².